The van der Waals surface area contributed by atoms with Crippen molar-refractivity contribution in [2.75, 3.05) is 32.1 Å². The highest BCUT2D eigenvalue weighted by Crippen LogP contribution is 2.33. The van der Waals surface area contributed by atoms with E-state index < -0.39 is 0 Å². The summed E-state index contributed by atoms with van der Waals surface area (Å²) in [6.07, 6.45) is 2.14. The maximum atomic E-state index is 11.2. The molecule has 6 heteroatoms. The molecule has 1 aromatic rings. The Kier molecular flexibility index (Phi) is 4.21. The summed E-state index contributed by atoms with van der Waals surface area (Å²) in [6.45, 7) is 1.65. The van der Waals surface area contributed by atoms with Crippen molar-refractivity contribution in [1.82, 2.24) is 5.32 Å². The van der Waals surface area contributed by atoms with E-state index in [0.717, 1.165) is 25.9 Å². The Morgan fingerprint density at radius 1 is 1.53 bits per heavy atom. The number of hydrogen-bond donors (Lipinski definition) is 1. The average Bonchev–Trinajstić information content (AvgIpc) is 2.46. The summed E-state index contributed by atoms with van der Waals surface area (Å²) in [5.41, 5.74) is 0.779. The molecule has 6 nitrogen and oxygen atoms in total. The van der Waals surface area contributed by atoms with Gasteiger partial charge in [-0.05, 0) is 32.0 Å². The van der Waals surface area contributed by atoms with Gasteiger partial charge in [-0.15, -0.1) is 0 Å². The van der Waals surface area contributed by atoms with Gasteiger partial charge >= 0.3 is 0 Å². The number of hydrogen-bond acceptors (Lipinski definition) is 5. The highest BCUT2D eigenvalue weighted by molar-refractivity contribution is 5.65. The molecule has 19 heavy (non-hydrogen) atoms. The van der Waals surface area contributed by atoms with Crippen LogP contribution in [0.15, 0.2) is 18.2 Å². The maximum absolute atomic E-state index is 11.2. The highest BCUT2D eigenvalue weighted by atomic mass is 16.6. The van der Waals surface area contributed by atoms with Gasteiger partial charge in [0, 0.05) is 19.1 Å². The van der Waals surface area contributed by atoms with E-state index in [0.29, 0.717) is 17.5 Å². The lowest BCUT2D eigenvalue weighted by atomic mass is 10.0. The molecule has 0 aliphatic carbocycles. The summed E-state index contributed by atoms with van der Waals surface area (Å²) < 4.78 is 5.05. The first-order valence-electron chi connectivity index (χ1n) is 6.40. The first-order valence-corrected chi connectivity index (χ1v) is 6.40. The van der Waals surface area contributed by atoms with Gasteiger partial charge in [-0.25, -0.2) is 0 Å². The minimum atomic E-state index is -0.346. The van der Waals surface area contributed by atoms with Crippen LogP contribution in [0.2, 0.25) is 0 Å². The molecule has 1 atom stereocenters. The number of nitro benzene ring substituents is 1. The van der Waals surface area contributed by atoms with Crippen LogP contribution in [0.5, 0.6) is 5.75 Å². The van der Waals surface area contributed by atoms with Gasteiger partial charge in [0.1, 0.15) is 11.4 Å². The summed E-state index contributed by atoms with van der Waals surface area (Å²) in [5.74, 6) is 0.512. The Balaban J connectivity index is 2.30. The number of rotatable bonds is 4. The Bertz CT molecular complexity index is 464. The molecule has 1 N–H and O–H groups in total. The lowest BCUT2D eigenvalue weighted by Crippen LogP contribution is -2.44. The van der Waals surface area contributed by atoms with Crippen molar-refractivity contribution in [3.63, 3.8) is 0 Å². The molecular formula is C13H19N3O3. The number of nitrogens with zero attached hydrogens (tertiary/aromatic N) is 2. The summed E-state index contributed by atoms with van der Waals surface area (Å²) in [4.78, 5) is 12.9. The van der Waals surface area contributed by atoms with Crippen LogP contribution in [-0.2, 0) is 0 Å². The second-order valence-electron chi connectivity index (χ2n) is 4.69. The van der Waals surface area contributed by atoms with E-state index >= 15 is 0 Å². The lowest BCUT2D eigenvalue weighted by molar-refractivity contribution is -0.384. The fraction of sp³-hybridized carbons (Fsp3) is 0.538. The first kappa shape index (κ1) is 13.6. The third kappa shape index (κ3) is 2.96. The number of likely N-dealkylation sites (N-methyl/N-ethyl adjacent to an activating group) is 1. The topological polar surface area (TPSA) is 67.6 Å². The van der Waals surface area contributed by atoms with Gasteiger partial charge in [0.2, 0.25) is 0 Å². The molecule has 1 heterocycles. The summed E-state index contributed by atoms with van der Waals surface area (Å²) >= 11 is 0. The number of anilines is 1. The quantitative estimate of drug-likeness (QED) is 0.664. The fourth-order valence-corrected chi connectivity index (χ4v) is 2.48. The van der Waals surface area contributed by atoms with Gasteiger partial charge in [0.25, 0.3) is 5.69 Å². The molecule has 0 saturated carbocycles. The van der Waals surface area contributed by atoms with Crippen molar-refractivity contribution in [2.24, 2.45) is 0 Å². The van der Waals surface area contributed by atoms with E-state index in [1.165, 1.54) is 13.2 Å². The van der Waals surface area contributed by atoms with E-state index in [1.807, 2.05) is 7.05 Å². The SMILES string of the molecule is CNC1CCCN(c2ccc(OC)cc2[N+](=O)[O-])C1. The third-order valence-electron chi connectivity index (χ3n) is 3.55. The molecule has 104 valence electrons. The van der Waals surface area contributed by atoms with Crippen LogP contribution in [0.1, 0.15) is 12.8 Å². The van der Waals surface area contributed by atoms with Gasteiger partial charge in [0.05, 0.1) is 18.1 Å². The minimum absolute atomic E-state index is 0.108. The van der Waals surface area contributed by atoms with Crippen molar-refractivity contribution >= 4 is 11.4 Å². The number of nitrogens with one attached hydrogen (secondary N) is 1. The molecule has 2 rings (SSSR count). The van der Waals surface area contributed by atoms with Crippen LogP contribution >= 0.6 is 0 Å². The molecule has 1 unspecified atom stereocenters. The minimum Gasteiger partial charge on any atom is -0.496 e. The van der Waals surface area contributed by atoms with Crippen molar-refractivity contribution in [3.8, 4) is 5.75 Å². The van der Waals surface area contributed by atoms with Gasteiger partial charge in [0.15, 0.2) is 0 Å². The van der Waals surface area contributed by atoms with Crippen LogP contribution < -0.4 is 15.0 Å². The second-order valence-corrected chi connectivity index (χ2v) is 4.69. The molecule has 0 amide bonds. The van der Waals surface area contributed by atoms with Gasteiger partial charge in [-0.2, -0.15) is 0 Å². The zero-order chi connectivity index (χ0) is 13.8. The Hall–Kier alpha value is -1.82. The normalized spacial score (nSPS) is 19.3. The summed E-state index contributed by atoms with van der Waals surface area (Å²) in [5, 5.41) is 14.4. The van der Waals surface area contributed by atoms with Gasteiger partial charge in [-0.1, -0.05) is 0 Å². The highest BCUT2D eigenvalue weighted by Gasteiger charge is 2.25. The fourth-order valence-electron chi connectivity index (χ4n) is 2.48. The predicted octanol–water partition coefficient (Wildman–Crippen LogP) is 1.79. The molecular weight excluding hydrogens is 246 g/mol. The van der Waals surface area contributed by atoms with Crippen LogP contribution in [0.4, 0.5) is 11.4 Å². The Morgan fingerprint density at radius 2 is 2.32 bits per heavy atom. The molecule has 1 aliphatic heterocycles. The molecule has 1 aliphatic rings. The average molecular weight is 265 g/mol. The zero-order valence-electron chi connectivity index (χ0n) is 11.3. The molecule has 0 bridgehead atoms. The van der Waals surface area contributed by atoms with Gasteiger partial charge < -0.3 is 15.0 Å². The summed E-state index contributed by atoms with van der Waals surface area (Å²) in [7, 11) is 3.44. The largest absolute Gasteiger partial charge is 0.496 e. The predicted molar refractivity (Wildman–Crippen MR) is 73.9 cm³/mol. The number of benzene rings is 1. The monoisotopic (exact) mass is 265 g/mol. The van der Waals surface area contributed by atoms with Crippen LogP contribution in [0, 0.1) is 10.1 Å². The van der Waals surface area contributed by atoms with E-state index in [-0.39, 0.29) is 10.6 Å². The van der Waals surface area contributed by atoms with Crippen molar-refractivity contribution in [3.05, 3.63) is 28.3 Å². The van der Waals surface area contributed by atoms with E-state index in [1.54, 1.807) is 12.1 Å². The van der Waals surface area contributed by atoms with Crippen molar-refractivity contribution in [2.45, 2.75) is 18.9 Å². The molecule has 1 aromatic carbocycles. The Labute approximate surface area is 112 Å². The van der Waals surface area contributed by atoms with Crippen molar-refractivity contribution < 1.29 is 9.66 Å². The number of nitro groups is 1. The smallest absolute Gasteiger partial charge is 0.296 e. The van der Waals surface area contributed by atoms with E-state index in [4.69, 9.17) is 4.74 Å². The molecule has 1 saturated heterocycles. The zero-order valence-corrected chi connectivity index (χ0v) is 11.3. The first-order chi connectivity index (χ1) is 9.15. The maximum Gasteiger partial charge on any atom is 0.296 e. The van der Waals surface area contributed by atoms with E-state index in [9.17, 15) is 10.1 Å². The molecule has 0 radical (unpaired) electrons. The van der Waals surface area contributed by atoms with Crippen LogP contribution in [-0.4, -0.2) is 38.2 Å². The molecule has 0 spiro atoms. The number of methoxy groups -OCH3 is 1. The van der Waals surface area contributed by atoms with E-state index in [2.05, 4.69) is 10.2 Å². The second kappa shape index (κ2) is 5.88. The third-order valence-corrected chi connectivity index (χ3v) is 3.55. The van der Waals surface area contributed by atoms with Crippen LogP contribution in [0.25, 0.3) is 0 Å². The van der Waals surface area contributed by atoms with Gasteiger partial charge in [-0.3, -0.25) is 10.1 Å². The number of ether oxygens (including phenoxy) is 1. The standard InChI is InChI=1S/C13H19N3O3/c1-14-10-4-3-7-15(9-10)12-6-5-11(19-2)8-13(12)16(17)18/h5-6,8,10,14H,3-4,7,9H2,1-2H3. The molecule has 1 fully saturated rings. The van der Waals surface area contributed by atoms with Crippen LogP contribution in [0.3, 0.4) is 0 Å². The lowest BCUT2D eigenvalue weighted by Gasteiger charge is -2.33. The molecule has 0 aromatic heterocycles. The number of piperidine rings is 1. The Morgan fingerprint density at radius 3 is 2.95 bits per heavy atom. The van der Waals surface area contributed by atoms with Crippen molar-refractivity contribution in [1.29, 1.82) is 0 Å². The summed E-state index contributed by atoms with van der Waals surface area (Å²) in [6, 6.07) is 5.41.